The van der Waals surface area contributed by atoms with Crippen molar-refractivity contribution < 1.29 is 27.5 Å². The van der Waals surface area contributed by atoms with E-state index >= 15 is 0 Å². The van der Waals surface area contributed by atoms with Gasteiger partial charge >= 0.3 is 6.36 Å². The van der Waals surface area contributed by atoms with Gasteiger partial charge in [0.1, 0.15) is 5.75 Å². The standard InChI is InChI=1S/C19H17F3N2O3/c1-23-18(26)14-9-6-13(7-10-14)8-11-17(25)24-12-15-4-2-3-5-16(15)27-19(20,21)22/h2-11H,12H2,1H3,(H,23,26)(H,24,25)/b11-8+. The van der Waals surface area contributed by atoms with Crippen LogP contribution in [0.4, 0.5) is 13.2 Å². The molecule has 2 rings (SSSR count). The highest BCUT2D eigenvalue weighted by molar-refractivity contribution is 5.94. The van der Waals surface area contributed by atoms with E-state index in [1.807, 2.05) is 0 Å². The quantitative estimate of drug-likeness (QED) is 0.758. The van der Waals surface area contributed by atoms with E-state index in [2.05, 4.69) is 15.4 Å². The summed E-state index contributed by atoms with van der Waals surface area (Å²) in [7, 11) is 1.53. The predicted octanol–water partition coefficient (Wildman–Crippen LogP) is 3.27. The first kappa shape index (κ1) is 20.0. The largest absolute Gasteiger partial charge is 0.573 e. The average molecular weight is 378 g/mol. The minimum absolute atomic E-state index is 0.120. The highest BCUT2D eigenvalue weighted by Crippen LogP contribution is 2.26. The van der Waals surface area contributed by atoms with E-state index in [1.54, 1.807) is 30.3 Å². The molecule has 142 valence electrons. The number of para-hydroxylation sites is 1. The van der Waals surface area contributed by atoms with Gasteiger partial charge in [0, 0.05) is 30.8 Å². The number of amides is 2. The maximum Gasteiger partial charge on any atom is 0.573 e. The second kappa shape index (κ2) is 8.88. The molecular weight excluding hydrogens is 361 g/mol. The van der Waals surface area contributed by atoms with E-state index in [-0.39, 0.29) is 23.8 Å². The van der Waals surface area contributed by atoms with Crippen LogP contribution in [0.15, 0.2) is 54.6 Å². The zero-order valence-corrected chi connectivity index (χ0v) is 14.3. The highest BCUT2D eigenvalue weighted by atomic mass is 19.4. The van der Waals surface area contributed by atoms with E-state index in [0.29, 0.717) is 11.1 Å². The Morgan fingerprint density at radius 1 is 1.07 bits per heavy atom. The Bertz CT molecular complexity index is 831. The number of carbonyl (C=O) groups is 2. The number of rotatable bonds is 6. The lowest BCUT2D eigenvalue weighted by Crippen LogP contribution is -2.22. The van der Waals surface area contributed by atoms with Crippen LogP contribution in [0.2, 0.25) is 0 Å². The molecule has 0 heterocycles. The van der Waals surface area contributed by atoms with Crippen molar-refractivity contribution in [2.75, 3.05) is 7.05 Å². The summed E-state index contributed by atoms with van der Waals surface area (Å²) in [5, 5.41) is 5.00. The lowest BCUT2D eigenvalue weighted by atomic mass is 10.1. The number of hydrogen-bond acceptors (Lipinski definition) is 3. The van der Waals surface area contributed by atoms with Gasteiger partial charge in [0.05, 0.1) is 0 Å². The van der Waals surface area contributed by atoms with Crippen molar-refractivity contribution >= 4 is 17.9 Å². The molecule has 2 aromatic carbocycles. The van der Waals surface area contributed by atoms with E-state index in [9.17, 15) is 22.8 Å². The van der Waals surface area contributed by atoms with E-state index in [0.717, 1.165) is 0 Å². The maximum absolute atomic E-state index is 12.4. The smallest absolute Gasteiger partial charge is 0.405 e. The maximum atomic E-state index is 12.4. The number of hydrogen-bond donors (Lipinski definition) is 2. The van der Waals surface area contributed by atoms with Crippen LogP contribution in [0.1, 0.15) is 21.5 Å². The molecular formula is C19H17F3N2O3. The summed E-state index contributed by atoms with van der Waals surface area (Å²) in [6.07, 6.45) is -2.02. The van der Waals surface area contributed by atoms with Crippen molar-refractivity contribution in [3.05, 3.63) is 71.3 Å². The summed E-state index contributed by atoms with van der Waals surface area (Å²) in [5.41, 5.74) is 1.38. The van der Waals surface area contributed by atoms with Gasteiger partial charge in [0.15, 0.2) is 0 Å². The van der Waals surface area contributed by atoms with Crippen LogP contribution in [-0.4, -0.2) is 25.2 Å². The Morgan fingerprint density at radius 3 is 2.37 bits per heavy atom. The molecule has 5 nitrogen and oxygen atoms in total. The molecule has 0 aliphatic heterocycles. The molecule has 0 aromatic heterocycles. The van der Waals surface area contributed by atoms with Crippen LogP contribution in [0.5, 0.6) is 5.75 Å². The molecule has 0 bridgehead atoms. The Kier molecular flexibility index (Phi) is 6.59. The molecule has 0 saturated carbocycles. The van der Waals surface area contributed by atoms with Gasteiger partial charge in [0.2, 0.25) is 5.91 Å². The van der Waals surface area contributed by atoms with E-state index < -0.39 is 12.3 Å². The number of halogens is 3. The van der Waals surface area contributed by atoms with Gasteiger partial charge in [-0.2, -0.15) is 0 Å². The number of benzene rings is 2. The molecule has 0 aliphatic rings. The lowest BCUT2D eigenvalue weighted by molar-refractivity contribution is -0.274. The molecule has 2 N–H and O–H groups in total. The Labute approximate surface area is 153 Å². The summed E-state index contributed by atoms with van der Waals surface area (Å²) in [5.74, 6) is -1.06. The summed E-state index contributed by atoms with van der Waals surface area (Å²) >= 11 is 0. The number of nitrogens with one attached hydrogen (secondary N) is 2. The predicted molar refractivity (Wildman–Crippen MR) is 93.8 cm³/mol. The zero-order chi connectivity index (χ0) is 19.9. The summed E-state index contributed by atoms with van der Waals surface area (Å²) in [6.45, 7) is -0.120. The van der Waals surface area contributed by atoms with Crippen LogP contribution >= 0.6 is 0 Å². The van der Waals surface area contributed by atoms with Crippen molar-refractivity contribution in [2.24, 2.45) is 0 Å². The molecule has 0 unspecified atom stereocenters. The molecule has 0 spiro atoms. The molecule has 8 heteroatoms. The SMILES string of the molecule is CNC(=O)c1ccc(/C=C/C(=O)NCc2ccccc2OC(F)(F)F)cc1. The second-order valence-electron chi connectivity index (χ2n) is 5.41. The topological polar surface area (TPSA) is 67.4 Å². The van der Waals surface area contributed by atoms with Crippen molar-refractivity contribution in [2.45, 2.75) is 12.9 Å². The van der Waals surface area contributed by atoms with Crippen molar-refractivity contribution in [1.82, 2.24) is 10.6 Å². The highest BCUT2D eigenvalue weighted by Gasteiger charge is 2.31. The molecule has 0 atom stereocenters. The molecule has 0 saturated heterocycles. The fourth-order valence-electron chi connectivity index (χ4n) is 2.18. The first-order valence-electron chi connectivity index (χ1n) is 7.90. The van der Waals surface area contributed by atoms with Crippen LogP contribution in [0.3, 0.4) is 0 Å². The van der Waals surface area contributed by atoms with Gasteiger partial charge in [-0.3, -0.25) is 9.59 Å². The van der Waals surface area contributed by atoms with Gasteiger partial charge in [-0.25, -0.2) is 0 Å². The third-order valence-corrected chi connectivity index (χ3v) is 3.48. The van der Waals surface area contributed by atoms with Crippen LogP contribution in [0.25, 0.3) is 6.08 Å². The molecule has 2 amide bonds. The fourth-order valence-corrected chi connectivity index (χ4v) is 2.18. The van der Waals surface area contributed by atoms with Gasteiger partial charge in [-0.1, -0.05) is 30.3 Å². The minimum atomic E-state index is -4.80. The van der Waals surface area contributed by atoms with Crippen molar-refractivity contribution in [3.8, 4) is 5.75 Å². The third kappa shape index (κ3) is 6.50. The second-order valence-corrected chi connectivity index (χ2v) is 5.41. The average Bonchev–Trinajstić information content (AvgIpc) is 2.64. The fraction of sp³-hybridized carbons (Fsp3) is 0.158. The number of carbonyl (C=O) groups excluding carboxylic acids is 2. The monoisotopic (exact) mass is 378 g/mol. The normalized spacial score (nSPS) is 11.3. The number of alkyl halides is 3. The van der Waals surface area contributed by atoms with Crippen LogP contribution in [-0.2, 0) is 11.3 Å². The first-order chi connectivity index (χ1) is 12.8. The Morgan fingerprint density at radius 2 is 1.74 bits per heavy atom. The van der Waals surface area contributed by atoms with E-state index in [4.69, 9.17) is 0 Å². The van der Waals surface area contributed by atoms with Crippen molar-refractivity contribution in [3.63, 3.8) is 0 Å². The summed E-state index contributed by atoms with van der Waals surface area (Å²) in [4.78, 5) is 23.3. The van der Waals surface area contributed by atoms with Crippen LogP contribution in [0, 0.1) is 0 Å². The minimum Gasteiger partial charge on any atom is -0.405 e. The van der Waals surface area contributed by atoms with Gasteiger partial charge in [-0.15, -0.1) is 13.2 Å². The lowest BCUT2D eigenvalue weighted by Gasteiger charge is -2.13. The molecule has 0 fully saturated rings. The van der Waals surface area contributed by atoms with E-state index in [1.165, 1.54) is 37.4 Å². The molecule has 2 aromatic rings. The Balaban J connectivity index is 1.95. The Hall–Kier alpha value is -3.29. The van der Waals surface area contributed by atoms with Gasteiger partial charge < -0.3 is 15.4 Å². The summed E-state index contributed by atoms with van der Waals surface area (Å²) in [6, 6.07) is 12.1. The third-order valence-electron chi connectivity index (χ3n) is 3.48. The molecule has 0 radical (unpaired) electrons. The number of ether oxygens (including phenoxy) is 1. The summed E-state index contributed by atoms with van der Waals surface area (Å²) < 4.78 is 41.1. The van der Waals surface area contributed by atoms with Gasteiger partial charge in [0.25, 0.3) is 5.91 Å². The molecule has 27 heavy (non-hydrogen) atoms. The zero-order valence-electron chi connectivity index (χ0n) is 14.3. The first-order valence-corrected chi connectivity index (χ1v) is 7.90. The van der Waals surface area contributed by atoms with Crippen molar-refractivity contribution in [1.29, 1.82) is 0 Å². The van der Waals surface area contributed by atoms with Gasteiger partial charge in [-0.05, 0) is 29.8 Å². The van der Waals surface area contributed by atoms with Crippen LogP contribution < -0.4 is 15.4 Å². The molecule has 0 aliphatic carbocycles.